The first-order chi connectivity index (χ1) is 18.5. The number of nitrogens with zero attached hydrogens (tertiary/aromatic N) is 3. The number of rotatable bonds is 8. The molecular weight excluding hydrogens is 494 g/mol. The van der Waals surface area contributed by atoms with E-state index in [0.29, 0.717) is 5.56 Å². The number of nitrogens with one attached hydrogen (secondary N) is 2. The average molecular weight is 528 g/mol. The predicted molar refractivity (Wildman–Crippen MR) is 156 cm³/mol. The highest BCUT2D eigenvalue weighted by Crippen LogP contribution is 2.30. The second-order valence-corrected chi connectivity index (χ2v) is 10.5. The van der Waals surface area contributed by atoms with E-state index < -0.39 is 0 Å². The molecule has 0 bridgehead atoms. The van der Waals surface area contributed by atoms with E-state index in [4.69, 9.17) is 9.72 Å². The van der Waals surface area contributed by atoms with Crippen LogP contribution in [0.1, 0.15) is 21.5 Å². The van der Waals surface area contributed by atoms with Crippen LogP contribution in [0.4, 0.5) is 16.5 Å². The molecule has 38 heavy (non-hydrogen) atoms. The third-order valence-electron chi connectivity index (χ3n) is 6.85. The Labute approximate surface area is 228 Å². The van der Waals surface area contributed by atoms with Crippen molar-refractivity contribution in [1.29, 1.82) is 0 Å². The van der Waals surface area contributed by atoms with Crippen molar-refractivity contribution in [2.45, 2.75) is 13.5 Å². The van der Waals surface area contributed by atoms with Crippen LogP contribution in [0.3, 0.4) is 0 Å². The maximum atomic E-state index is 12.9. The summed E-state index contributed by atoms with van der Waals surface area (Å²) in [5.41, 5.74) is 6.51. The molecule has 1 aromatic heterocycles. The van der Waals surface area contributed by atoms with Gasteiger partial charge in [-0.15, -0.1) is 11.3 Å². The fraction of sp³-hybridized carbons (Fsp3) is 0.267. The Kier molecular flexibility index (Phi) is 8.03. The van der Waals surface area contributed by atoms with E-state index in [-0.39, 0.29) is 5.91 Å². The Morgan fingerprint density at radius 3 is 2.45 bits per heavy atom. The predicted octanol–water partition coefficient (Wildman–Crippen LogP) is 5.87. The molecule has 5 rings (SSSR count). The summed E-state index contributed by atoms with van der Waals surface area (Å²) in [5.74, 6) is 0.695. The summed E-state index contributed by atoms with van der Waals surface area (Å²) < 4.78 is 5.24. The average Bonchev–Trinajstić information content (AvgIpc) is 3.41. The molecular formula is C30H33N5O2S. The summed E-state index contributed by atoms with van der Waals surface area (Å²) in [7, 11) is 3.82. The van der Waals surface area contributed by atoms with Crippen molar-refractivity contribution in [2.75, 3.05) is 51.0 Å². The molecule has 1 fully saturated rings. The minimum absolute atomic E-state index is 0.123. The van der Waals surface area contributed by atoms with E-state index in [1.165, 1.54) is 5.56 Å². The summed E-state index contributed by atoms with van der Waals surface area (Å²) in [6.07, 6.45) is 0. The van der Waals surface area contributed by atoms with Crippen molar-refractivity contribution >= 4 is 33.8 Å². The van der Waals surface area contributed by atoms with Gasteiger partial charge in [-0.25, -0.2) is 4.98 Å². The minimum Gasteiger partial charge on any atom is -0.497 e. The highest BCUT2D eigenvalue weighted by molar-refractivity contribution is 7.14. The molecule has 1 amide bonds. The number of amides is 1. The Bertz CT molecular complexity index is 1380. The van der Waals surface area contributed by atoms with Crippen LogP contribution in [0.2, 0.25) is 0 Å². The van der Waals surface area contributed by atoms with E-state index in [9.17, 15) is 4.79 Å². The maximum absolute atomic E-state index is 12.9. The first-order valence-electron chi connectivity index (χ1n) is 12.8. The number of aryl methyl sites for hydroxylation is 1. The second-order valence-electron chi connectivity index (χ2n) is 9.65. The van der Waals surface area contributed by atoms with Crippen molar-refractivity contribution in [1.82, 2.24) is 14.8 Å². The van der Waals surface area contributed by atoms with Gasteiger partial charge in [0.2, 0.25) is 0 Å². The number of methoxy groups -OCH3 is 1. The molecule has 3 aromatic carbocycles. The summed E-state index contributed by atoms with van der Waals surface area (Å²) >= 11 is 1.54. The highest BCUT2D eigenvalue weighted by atomic mass is 32.1. The van der Waals surface area contributed by atoms with Crippen LogP contribution in [0.25, 0.3) is 11.3 Å². The van der Waals surface area contributed by atoms with Crippen LogP contribution < -0.4 is 15.4 Å². The van der Waals surface area contributed by atoms with Gasteiger partial charge in [-0.3, -0.25) is 9.69 Å². The monoisotopic (exact) mass is 527 g/mol. The number of hydrogen-bond acceptors (Lipinski definition) is 7. The van der Waals surface area contributed by atoms with Gasteiger partial charge in [0.25, 0.3) is 5.91 Å². The van der Waals surface area contributed by atoms with Crippen molar-refractivity contribution in [3.63, 3.8) is 0 Å². The largest absolute Gasteiger partial charge is 0.497 e. The van der Waals surface area contributed by atoms with E-state index in [1.807, 2.05) is 66.9 Å². The molecule has 0 atom stereocenters. The van der Waals surface area contributed by atoms with Crippen LogP contribution in [0.5, 0.6) is 5.75 Å². The number of piperazine rings is 1. The van der Waals surface area contributed by atoms with Gasteiger partial charge in [0.05, 0.1) is 12.8 Å². The molecule has 1 saturated heterocycles. The second kappa shape index (κ2) is 11.8. The molecule has 4 aromatic rings. The quantitative estimate of drug-likeness (QED) is 0.299. The number of benzene rings is 3. The molecule has 2 heterocycles. The number of carbonyl (C=O) groups is 1. The molecule has 7 nitrogen and oxygen atoms in total. The zero-order chi connectivity index (χ0) is 26.5. The van der Waals surface area contributed by atoms with Gasteiger partial charge < -0.3 is 20.3 Å². The first kappa shape index (κ1) is 25.9. The van der Waals surface area contributed by atoms with Gasteiger partial charge >= 0.3 is 0 Å². The number of carbonyl (C=O) groups excluding carboxylic acids is 1. The Hall–Kier alpha value is -3.72. The molecule has 0 aliphatic carbocycles. The molecule has 1 aliphatic rings. The lowest BCUT2D eigenvalue weighted by molar-refractivity contribution is 0.102. The lowest BCUT2D eigenvalue weighted by Crippen LogP contribution is -2.43. The maximum Gasteiger partial charge on any atom is 0.255 e. The third-order valence-corrected chi connectivity index (χ3v) is 7.60. The summed E-state index contributed by atoms with van der Waals surface area (Å²) in [5, 5.41) is 9.26. The van der Waals surface area contributed by atoms with Crippen molar-refractivity contribution in [3.8, 4) is 17.0 Å². The smallest absolute Gasteiger partial charge is 0.255 e. The van der Waals surface area contributed by atoms with Gasteiger partial charge in [0.1, 0.15) is 5.75 Å². The Balaban J connectivity index is 1.21. The van der Waals surface area contributed by atoms with Gasteiger partial charge in [-0.2, -0.15) is 0 Å². The van der Waals surface area contributed by atoms with Crippen molar-refractivity contribution in [2.24, 2.45) is 0 Å². The molecule has 0 radical (unpaired) electrons. The summed E-state index contributed by atoms with van der Waals surface area (Å²) in [4.78, 5) is 22.5. The van der Waals surface area contributed by atoms with Crippen LogP contribution in [0, 0.1) is 6.92 Å². The fourth-order valence-corrected chi connectivity index (χ4v) is 5.14. The lowest BCUT2D eigenvalue weighted by atomic mass is 10.1. The van der Waals surface area contributed by atoms with E-state index >= 15 is 0 Å². The van der Waals surface area contributed by atoms with E-state index in [2.05, 4.69) is 39.6 Å². The molecule has 0 saturated carbocycles. The molecule has 8 heteroatoms. The van der Waals surface area contributed by atoms with Gasteiger partial charge in [-0.05, 0) is 73.6 Å². The van der Waals surface area contributed by atoms with Gasteiger partial charge in [0, 0.05) is 60.6 Å². The Morgan fingerprint density at radius 1 is 1.00 bits per heavy atom. The molecule has 2 N–H and O–H groups in total. The van der Waals surface area contributed by atoms with Gasteiger partial charge in [-0.1, -0.05) is 18.2 Å². The summed E-state index contributed by atoms with van der Waals surface area (Å²) in [6.45, 7) is 7.30. The van der Waals surface area contributed by atoms with Crippen LogP contribution >= 0.6 is 11.3 Å². The Morgan fingerprint density at radius 2 is 1.74 bits per heavy atom. The number of hydrogen-bond donors (Lipinski definition) is 2. The van der Waals surface area contributed by atoms with E-state index in [0.717, 1.165) is 71.8 Å². The normalized spacial score (nSPS) is 14.3. The number of aromatic nitrogens is 1. The zero-order valence-electron chi connectivity index (χ0n) is 22.0. The number of thiazole rings is 1. The third kappa shape index (κ3) is 6.39. The highest BCUT2D eigenvalue weighted by Gasteiger charge is 2.15. The molecule has 1 aliphatic heterocycles. The SMILES string of the molecule is COc1ccc(-c2csc(Nc3cc(NC(=O)c4ccc(CN5CCN(C)CC5)cc4)ccc3C)n2)cc1. The lowest BCUT2D eigenvalue weighted by Gasteiger charge is -2.32. The molecule has 0 spiro atoms. The minimum atomic E-state index is -0.123. The summed E-state index contributed by atoms with van der Waals surface area (Å²) in [6, 6.07) is 21.6. The molecule has 196 valence electrons. The fourth-order valence-electron chi connectivity index (χ4n) is 4.40. The number of ether oxygens (including phenoxy) is 1. The zero-order valence-corrected chi connectivity index (χ0v) is 22.8. The molecule has 0 unspecified atom stereocenters. The van der Waals surface area contributed by atoms with Crippen LogP contribution in [-0.2, 0) is 6.54 Å². The van der Waals surface area contributed by atoms with Crippen LogP contribution in [0.15, 0.2) is 72.1 Å². The number of likely N-dealkylation sites (N-methyl/N-ethyl adjacent to an activating group) is 1. The van der Waals surface area contributed by atoms with Gasteiger partial charge in [0.15, 0.2) is 5.13 Å². The van der Waals surface area contributed by atoms with Crippen LogP contribution in [-0.4, -0.2) is 61.0 Å². The number of anilines is 3. The van der Waals surface area contributed by atoms with E-state index in [1.54, 1.807) is 18.4 Å². The van der Waals surface area contributed by atoms with Crippen molar-refractivity contribution in [3.05, 3.63) is 88.8 Å². The standard InChI is InChI=1S/C30H33N5O2S/c1-21-4-11-25(18-27(21)32-30-33-28(20-38-30)23-9-12-26(37-3)13-10-23)31-29(36)24-7-5-22(6-8-24)19-35-16-14-34(2)15-17-35/h4-13,18,20H,14-17,19H2,1-3H3,(H,31,36)(H,32,33). The topological polar surface area (TPSA) is 69.7 Å². The first-order valence-corrected chi connectivity index (χ1v) is 13.6. The van der Waals surface area contributed by atoms with Crippen molar-refractivity contribution < 1.29 is 9.53 Å².